The van der Waals surface area contributed by atoms with Crippen LogP contribution in [0.5, 0.6) is 0 Å². The number of hydrogen-bond donors (Lipinski definition) is 0. The maximum Gasteiger partial charge on any atom is 0.151 e. The van der Waals surface area contributed by atoms with Crippen molar-refractivity contribution in [2.24, 2.45) is 0 Å². The van der Waals surface area contributed by atoms with Crippen LogP contribution in [-0.2, 0) is 17.6 Å². The first-order valence-corrected chi connectivity index (χ1v) is 5.37. The zero-order valence-electron chi connectivity index (χ0n) is 8.64. The molecule has 0 saturated carbocycles. The molecule has 0 bridgehead atoms. The van der Waals surface area contributed by atoms with Crippen molar-refractivity contribution < 1.29 is 4.79 Å². The first-order valence-electron chi connectivity index (χ1n) is 4.83. The van der Waals surface area contributed by atoms with Crippen LogP contribution in [-0.4, -0.2) is 11.7 Å². The summed E-state index contributed by atoms with van der Waals surface area (Å²) in [6.45, 7) is 4.13. The Hall–Kier alpha value is -0.820. The number of Topliss-reactive ketones (excluding diaryl/α,β-unsaturated/α-hetero) is 1. The van der Waals surface area contributed by atoms with Crippen LogP contribution in [0.25, 0.3) is 0 Å². The van der Waals surface area contributed by atoms with Crippen LogP contribution >= 0.6 is 11.6 Å². The van der Waals surface area contributed by atoms with Crippen LogP contribution in [0.15, 0.2) is 18.2 Å². The fourth-order valence-electron chi connectivity index (χ4n) is 1.39. The van der Waals surface area contributed by atoms with Gasteiger partial charge in [0, 0.05) is 6.42 Å². The maximum atomic E-state index is 11.2. The van der Waals surface area contributed by atoms with E-state index in [9.17, 15) is 4.79 Å². The molecule has 0 amide bonds. The quantitative estimate of drug-likeness (QED) is 0.699. The van der Waals surface area contributed by atoms with E-state index in [1.54, 1.807) is 0 Å². The van der Waals surface area contributed by atoms with Gasteiger partial charge in [-0.1, -0.05) is 25.1 Å². The highest BCUT2D eigenvalue weighted by atomic mass is 35.5. The van der Waals surface area contributed by atoms with Gasteiger partial charge in [-0.15, -0.1) is 11.6 Å². The van der Waals surface area contributed by atoms with Gasteiger partial charge in [-0.25, -0.2) is 0 Å². The fraction of sp³-hybridized carbons (Fsp3) is 0.417. The minimum absolute atomic E-state index is 0.0861. The zero-order valence-corrected chi connectivity index (χ0v) is 9.40. The Bertz CT molecular complexity index is 331. The summed E-state index contributed by atoms with van der Waals surface area (Å²) >= 11 is 5.48. The summed E-state index contributed by atoms with van der Waals surface area (Å²) in [4.78, 5) is 11.2. The first kappa shape index (κ1) is 11.3. The van der Waals surface area contributed by atoms with Crippen molar-refractivity contribution in [1.29, 1.82) is 0 Å². The maximum absolute atomic E-state index is 11.2. The highest BCUT2D eigenvalue weighted by molar-refractivity contribution is 6.27. The predicted octanol–water partition coefficient (Wildman–Crippen LogP) is 2.91. The second-order valence-corrected chi connectivity index (χ2v) is 3.73. The van der Waals surface area contributed by atoms with Gasteiger partial charge in [0.05, 0.1) is 5.88 Å². The summed E-state index contributed by atoms with van der Waals surface area (Å²) in [6, 6.07) is 6.26. The highest BCUT2D eigenvalue weighted by Crippen LogP contribution is 2.13. The van der Waals surface area contributed by atoms with E-state index in [1.165, 1.54) is 11.1 Å². The number of hydrogen-bond acceptors (Lipinski definition) is 1. The summed E-state index contributed by atoms with van der Waals surface area (Å²) in [5.74, 6) is 0.193. The molecule has 0 saturated heterocycles. The molecule has 0 radical (unpaired) electrons. The molecule has 14 heavy (non-hydrogen) atoms. The Morgan fingerprint density at radius 1 is 1.43 bits per heavy atom. The number of alkyl halides is 1. The average molecular weight is 211 g/mol. The van der Waals surface area contributed by atoms with Gasteiger partial charge in [0.2, 0.25) is 0 Å². The molecule has 0 fully saturated rings. The van der Waals surface area contributed by atoms with Gasteiger partial charge in [0.25, 0.3) is 0 Å². The molecule has 76 valence electrons. The molecular weight excluding hydrogens is 196 g/mol. The van der Waals surface area contributed by atoms with Crippen LogP contribution in [0.4, 0.5) is 0 Å². The summed E-state index contributed by atoms with van der Waals surface area (Å²) < 4.78 is 0. The van der Waals surface area contributed by atoms with Gasteiger partial charge >= 0.3 is 0 Å². The standard InChI is InChI=1S/C12H15ClO/c1-3-10-5-4-9(2)11(6-10)7-12(14)8-13/h4-6H,3,7-8H2,1-2H3. The van der Waals surface area contributed by atoms with Crippen molar-refractivity contribution in [3.63, 3.8) is 0 Å². The van der Waals surface area contributed by atoms with E-state index in [1.807, 2.05) is 6.92 Å². The van der Waals surface area contributed by atoms with Crippen molar-refractivity contribution in [2.75, 3.05) is 5.88 Å². The van der Waals surface area contributed by atoms with Crippen LogP contribution in [0.3, 0.4) is 0 Å². The van der Waals surface area contributed by atoms with Gasteiger partial charge in [-0.05, 0) is 30.0 Å². The van der Waals surface area contributed by atoms with Crippen molar-refractivity contribution in [3.05, 3.63) is 34.9 Å². The Kier molecular flexibility index (Phi) is 4.15. The van der Waals surface area contributed by atoms with E-state index < -0.39 is 0 Å². The molecule has 1 rings (SSSR count). The topological polar surface area (TPSA) is 17.1 Å². The minimum Gasteiger partial charge on any atom is -0.298 e. The molecule has 0 atom stereocenters. The normalized spacial score (nSPS) is 10.2. The molecule has 0 aliphatic heterocycles. The Labute approximate surface area is 90.1 Å². The second kappa shape index (κ2) is 5.16. The summed E-state index contributed by atoms with van der Waals surface area (Å²) in [7, 11) is 0. The molecule has 0 heterocycles. The summed E-state index contributed by atoms with van der Waals surface area (Å²) in [5.41, 5.74) is 3.55. The van der Waals surface area contributed by atoms with E-state index in [0.29, 0.717) is 6.42 Å². The van der Waals surface area contributed by atoms with Gasteiger partial charge < -0.3 is 0 Å². The van der Waals surface area contributed by atoms with Gasteiger partial charge in [0.15, 0.2) is 5.78 Å². The van der Waals surface area contributed by atoms with Crippen molar-refractivity contribution in [1.82, 2.24) is 0 Å². The Morgan fingerprint density at radius 3 is 2.71 bits per heavy atom. The van der Waals surface area contributed by atoms with Crippen LogP contribution < -0.4 is 0 Å². The third-order valence-corrected chi connectivity index (χ3v) is 2.66. The lowest BCUT2D eigenvalue weighted by Crippen LogP contribution is -2.05. The van der Waals surface area contributed by atoms with E-state index in [-0.39, 0.29) is 11.7 Å². The van der Waals surface area contributed by atoms with Gasteiger partial charge in [-0.3, -0.25) is 4.79 Å². The number of benzene rings is 1. The lowest BCUT2D eigenvalue weighted by atomic mass is 10.00. The molecule has 0 aromatic heterocycles. The number of ketones is 1. The SMILES string of the molecule is CCc1ccc(C)c(CC(=O)CCl)c1. The fourth-order valence-corrected chi connectivity index (χ4v) is 1.49. The second-order valence-electron chi connectivity index (χ2n) is 3.46. The first-order chi connectivity index (χ1) is 6.67. The number of carbonyl (C=O) groups excluding carboxylic acids is 1. The van der Waals surface area contributed by atoms with Crippen molar-refractivity contribution in [2.45, 2.75) is 26.7 Å². The molecule has 1 aromatic rings. The lowest BCUT2D eigenvalue weighted by Gasteiger charge is -2.06. The molecule has 0 aliphatic carbocycles. The number of carbonyl (C=O) groups is 1. The molecule has 0 aliphatic rings. The van der Waals surface area contributed by atoms with E-state index in [2.05, 4.69) is 25.1 Å². The molecular formula is C12H15ClO. The molecule has 1 aromatic carbocycles. The third-order valence-electron chi connectivity index (χ3n) is 2.36. The van der Waals surface area contributed by atoms with Gasteiger partial charge in [0.1, 0.15) is 0 Å². The number of rotatable bonds is 4. The monoisotopic (exact) mass is 210 g/mol. The number of aryl methyl sites for hydroxylation is 2. The van der Waals surface area contributed by atoms with E-state index in [0.717, 1.165) is 12.0 Å². The largest absolute Gasteiger partial charge is 0.298 e. The molecule has 0 N–H and O–H groups in total. The number of halogens is 1. The zero-order chi connectivity index (χ0) is 10.6. The molecule has 1 nitrogen and oxygen atoms in total. The van der Waals surface area contributed by atoms with Crippen molar-refractivity contribution >= 4 is 17.4 Å². The molecule has 2 heteroatoms. The van der Waals surface area contributed by atoms with Crippen molar-refractivity contribution in [3.8, 4) is 0 Å². The van der Waals surface area contributed by atoms with Gasteiger partial charge in [-0.2, -0.15) is 0 Å². The smallest absolute Gasteiger partial charge is 0.151 e. The third kappa shape index (κ3) is 2.85. The minimum atomic E-state index is 0.0861. The van der Waals surface area contributed by atoms with E-state index >= 15 is 0 Å². The predicted molar refractivity (Wildman–Crippen MR) is 60.0 cm³/mol. The highest BCUT2D eigenvalue weighted by Gasteiger charge is 2.05. The lowest BCUT2D eigenvalue weighted by molar-refractivity contribution is -0.116. The summed E-state index contributed by atoms with van der Waals surface area (Å²) in [6.07, 6.45) is 1.46. The van der Waals surface area contributed by atoms with E-state index in [4.69, 9.17) is 11.6 Å². The van der Waals surface area contributed by atoms with Crippen LogP contribution in [0.2, 0.25) is 0 Å². The Morgan fingerprint density at radius 2 is 2.14 bits per heavy atom. The molecule has 0 unspecified atom stereocenters. The molecule has 0 spiro atoms. The van der Waals surface area contributed by atoms with Crippen LogP contribution in [0.1, 0.15) is 23.6 Å². The Balaban J connectivity index is 2.89. The average Bonchev–Trinajstić information content (AvgIpc) is 2.21. The summed E-state index contributed by atoms with van der Waals surface area (Å²) in [5, 5.41) is 0. The van der Waals surface area contributed by atoms with Crippen LogP contribution in [0, 0.1) is 6.92 Å².